The Morgan fingerprint density at radius 3 is 2.59 bits per heavy atom. The lowest BCUT2D eigenvalue weighted by Gasteiger charge is -2.17. The van der Waals surface area contributed by atoms with Crippen LogP contribution in [0.5, 0.6) is 0 Å². The fraction of sp³-hybridized carbons (Fsp3) is 0.286. The van der Waals surface area contributed by atoms with Crippen LogP contribution in [0.15, 0.2) is 53.1 Å². The van der Waals surface area contributed by atoms with E-state index in [1.807, 2.05) is 36.4 Å². The van der Waals surface area contributed by atoms with E-state index >= 15 is 0 Å². The summed E-state index contributed by atoms with van der Waals surface area (Å²) in [4.78, 5) is 18.4. The zero-order chi connectivity index (χ0) is 19.2. The highest BCUT2D eigenvalue weighted by Gasteiger charge is 2.14. The summed E-state index contributed by atoms with van der Waals surface area (Å²) in [6.45, 7) is 2.58. The Labute approximate surface area is 164 Å². The van der Waals surface area contributed by atoms with E-state index in [0.29, 0.717) is 36.1 Å². The summed E-state index contributed by atoms with van der Waals surface area (Å²) in [6.07, 6.45) is 1.70. The molecule has 0 atom stereocenters. The summed E-state index contributed by atoms with van der Waals surface area (Å²) < 4.78 is 5.29. The first-order valence-electron chi connectivity index (χ1n) is 8.96. The SMILES string of the molecule is CCc1ccc(-c2noc(CCC(=O)N(C)Cc3ccccc3Cl)n2)cc1. The number of hydrogen-bond acceptors (Lipinski definition) is 4. The summed E-state index contributed by atoms with van der Waals surface area (Å²) in [5, 5.41) is 4.68. The van der Waals surface area contributed by atoms with Crippen LogP contribution in [0.25, 0.3) is 11.4 Å². The Bertz CT molecular complexity index is 906. The number of benzene rings is 2. The fourth-order valence-electron chi connectivity index (χ4n) is 2.74. The molecule has 0 bridgehead atoms. The Hall–Kier alpha value is -2.66. The maximum absolute atomic E-state index is 12.4. The molecule has 140 valence electrons. The minimum Gasteiger partial charge on any atom is -0.341 e. The Morgan fingerprint density at radius 2 is 1.89 bits per heavy atom. The molecule has 0 fully saturated rings. The number of halogens is 1. The number of carbonyl (C=O) groups is 1. The molecule has 5 nitrogen and oxygen atoms in total. The van der Waals surface area contributed by atoms with Crippen LogP contribution in [-0.2, 0) is 24.2 Å². The molecule has 0 saturated carbocycles. The zero-order valence-electron chi connectivity index (χ0n) is 15.5. The molecule has 0 aliphatic carbocycles. The second kappa shape index (κ2) is 8.82. The van der Waals surface area contributed by atoms with Gasteiger partial charge in [-0.15, -0.1) is 0 Å². The van der Waals surface area contributed by atoms with E-state index in [-0.39, 0.29) is 5.91 Å². The van der Waals surface area contributed by atoms with Gasteiger partial charge in [0, 0.05) is 37.0 Å². The lowest BCUT2D eigenvalue weighted by molar-refractivity contribution is -0.130. The summed E-state index contributed by atoms with van der Waals surface area (Å²) in [5.74, 6) is 1.01. The third kappa shape index (κ3) is 4.95. The number of aryl methyl sites for hydroxylation is 2. The van der Waals surface area contributed by atoms with Crippen molar-refractivity contribution in [2.24, 2.45) is 0 Å². The first-order valence-corrected chi connectivity index (χ1v) is 9.34. The molecule has 0 unspecified atom stereocenters. The topological polar surface area (TPSA) is 59.2 Å². The predicted octanol–water partition coefficient (Wildman–Crippen LogP) is 4.54. The van der Waals surface area contributed by atoms with Gasteiger partial charge < -0.3 is 9.42 Å². The molecule has 2 aromatic carbocycles. The first kappa shape index (κ1) is 19.1. The van der Waals surface area contributed by atoms with Crippen molar-refractivity contribution in [3.63, 3.8) is 0 Å². The molecular weight excluding hydrogens is 362 g/mol. The monoisotopic (exact) mass is 383 g/mol. The van der Waals surface area contributed by atoms with Gasteiger partial charge in [0.05, 0.1) is 0 Å². The van der Waals surface area contributed by atoms with Crippen LogP contribution in [0.3, 0.4) is 0 Å². The molecule has 0 N–H and O–H groups in total. The van der Waals surface area contributed by atoms with Crippen LogP contribution in [0.1, 0.15) is 30.4 Å². The minimum atomic E-state index is 0.00182. The van der Waals surface area contributed by atoms with Crippen molar-refractivity contribution in [2.45, 2.75) is 32.7 Å². The van der Waals surface area contributed by atoms with Crippen LogP contribution < -0.4 is 0 Å². The third-order valence-corrected chi connectivity index (χ3v) is 4.80. The molecule has 0 radical (unpaired) electrons. The van der Waals surface area contributed by atoms with Gasteiger partial charge in [-0.2, -0.15) is 4.98 Å². The standard InChI is InChI=1S/C21H22ClN3O2/c1-3-15-8-10-16(11-9-15)21-23-19(27-24-21)12-13-20(26)25(2)14-17-6-4-5-7-18(17)22/h4-11H,3,12-14H2,1-2H3. The molecular formula is C21H22ClN3O2. The maximum Gasteiger partial charge on any atom is 0.227 e. The molecule has 1 amide bonds. The summed E-state index contributed by atoms with van der Waals surface area (Å²) in [7, 11) is 1.76. The van der Waals surface area contributed by atoms with Crippen LogP contribution in [0, 0.1) is 0 Å². The highest BCUT2D eigenvalue weighted by Crippen LogP contribution is 2.19. The summed E-state index contributed by atoms with van der Waals surface area (Å²) >= 11 is 6.15. The van der Waals surface area contributed by atoms with Crippen LogP contribution >= 0.6 is 11.6 Å². The van der Waals surface area contributed by atoms with Gasteiger partial charge in [-0.1, -0.05) is 66.1 Å². The van der Waals surface area contributed by atoms with E-state index in [1.165, 1.54) is 5.56 Å². The van der Waals surface area contributed by atoms with Crippen molar-refractivity contribution in [2.75, 3.05) is 7.05 Å². The Balaban J connectivity index is 1.56. The smallest absolute Gasteiger partial charge is 0.227 e. The fourth-order valence-corrected chi connectivity index (χ4v) is 2.93. The molecule has 0 aliphatic heterocycles. The van der Waals surface area contributed by atoms with Crippen molar-refractivity contribution in [1.29, 1.82) is 0 Å². The Morgan fingerprint density at radius 1 is 1.15 bits per heavy atom. The van der Waals surface area contributed by atoms with E-state index in [0.717, 1.165) is 17.5 Å². The third-order valence-electron chi connectivity index (χ3n) is 4.43. The lowest BCUT2D eigenvalue weighted by Crippen LogP contribution is -2.26. The van der Waals surface area contributed by atoms with Gasteiger partial charge in [-0.3, -0.25) is 4.79 Å². The van der Waals surface area contributed by atoms with Gasteiger partial charge in [0.1, 0.15) is 0 Å². The van der Waals surface area contributed by atoms with Crippen molar-refractivity contribution >= 4 is 17.5 Å². The average Bonchev–Trinajstić information content (AvgIpc) is 3.17. The zero-order valence-corrected chi connectivity index (χ0v) is 16.2. The van der Waals surface area contributed by atoms with Crippen LogP contribution in [0.2, 0.25) is 5.02 Å². The van der Waals surface area contributed by atoms with Crippen molar-refractivity contribution in [1.82, 2.24) is 15.0 Å². The van der Waals surface area contributed by atoms with Gasteiger partial charge >= 0.3 is 0 Å². The second-order valence-corrected chi connectivity index (χ2v) is 6.81. The predicted molar refractivity (Wildman–Crippen MR) is 105 cm³/mol. The molecule has 27 heavy (non-hydrogen) atoms. The van der Waals surface area contributed by atoms with Gasteiger partial charge in [0.2, 0.25) is 17.6 Å². The number of carbonyl (C=O) groups excluding carboxylic acids is 1. The Kier molecular flexibility index (Phi) is 6.24. The number of amides is 1. The molecule has 0 aliphatic rings. The minimum absolute atomic E-state index is 0.00182. The maximum atomic E-state index is 12.4. The quantitative estimate of drug-likeness (QED) is 0.600. The number of rotatable bonds is 7. The molecule has 3 aromatic rings. The van der Waals surface area contributed by atoms with E-state index < -0.39 is 0 Å². The van der Waals surface area contributed by atoms with E-state index in [2.05, 4.69) is 29.2 Å². The van der Waals surface area contributed by atoms with E-state index in [1.54, 1.807) is 11.9 Å². The average molecular weight is 384 g/mol. The molecule has 1 aromatic heterocycles. The number of aromatic nitrogens is 2. The van der Waals surface area contributed by atoms with Gasteiger partial charge in [0.25, 0.3) is 0 Å². The summed E-state index contributed by atoms with van der Waals surface area (Å²) in [5.41, 5.74) is 3.09. The number of hydrogen-bond donors (Lipinski definition) is 0. The van der Waals surface area contributed by atoms with Gasteiger partial charge in [0.15, 0.2) is 0 Å². The molecule has 3 rings (SSSR count). The van der Waals surface area contributed by atoms with Crippen molar-refractivity contribution < 1.29 is 9.32 Å². The summed E-state index contributed by atoms with van der Waals surface area (Å²) in [6, 6.07) is 15.6. The largest absolute Gasteiger partial charge is 0.341 e. The normalized spacial score (nSPS) is 10.8. The van der Waals surface area contributed by atoms with Crippen molar-refractivity contribution in [3.8, 4) is 11.4 Å². The van der Waals surface area contributed by atoms with E-state index in [9.17, 15) is 4.79 Å². The van der Waals surface area contributed by atoms with Gasteiger partial charge in [-0.05, 0) is 23.6 Å². The molecule has 1 heterocycles. The highest BCUT2D eigenvalue weighted by atomic mass is 35.5. The number of nitrogens with zero attached hydrogens (tertiary/aromatic N) is 3. The van der Waals surface area contributed by atoms with Crippen LogP contribution in [-0.4, -0.2) is 28.0 Å². The molecule has 0 saturated heterocycles. The lowest BCUT2D eigenvalue weighted by atomic mass is 10.1. The first-order chi connectivity index (χ1) is 13.1. The van der Waals surface area contributed by atoms with Crippen LogP contribution in [0.4, 0.5) is 0 Å². The van der Waals surface area contributed by atoms with Crippen molar-refractivity contribution in [3.05, 3.63) is 70.6 Å². The van der Waals surface area contributed by atoms with Gasteiger partial charge in [-0.25, -0.2) is 0 Å². The molecule has 0 spiro atoms. The second-order valence-electron chi connectivity index (χ2n) is 6.40. The highest BCUT2D eigenvalue weighted by molar-refractivity contribution is 6.31. The van der Waals surface area contributed by atoms with E-state index in [4.69, 9.17) is 16.1 Å². The molecule has 6 heteroatoms.